The third kappa shape index (κ3) is 8.51. The molecule has 1 saturated heterocycles. The fourth-order valence-electron chi connectivity index (χ4n) is 2.68. The summed E-state index contributed by atoms with van der Waals surface area (Å²) in [6.07, 6.45) is 13.0. The van der Waals surface area contributed by atoms with Gasteiger partial charge in [-0.05, 0) is 45.3 Å². The van der Waals surface area contributed by atoms with E-state index in [1.165, 1.54) is 71.0 Å². The normalized spacial score (nSPS) is 16.9. The molecule has 18 heavy (non-hydrogen) atoms. The number of hydrogen-bond acceptors (Lipinski definition) is 2. The van der Waals surface area contributed by atoms with Crippen molar-refractivity contribution in [2.75, 3.05) is 19.6 Å². The predicted molar refractivity (Wildman–Crippen MR) is 74.9 cm³/mol. The number of unbranched alkanes of at least 4 members (excludes halogenated alkanes) is 6. The predicted octanol–water partition coefficient (Wildman–Crippen LogP) is 3.68. The molecule has 1 fully saturated rings. The van der Waals surface area contributed by atoms with Crippen LogP contribution in [0.25, 0.3) is 0 Å². The highest BCUT2D eigenvalue weighted by Gasteiger charge is 2.08. The maximum absolute atomic E-state index is 10.3. The molecule has 0 atom stereocenters. The quantitative estimate of drug-likeness (QED) is 0.605. The van der Waals surface area contributed by atoms with Crippen LogP contribution < -0.4 is 0 Å². The highest BCUT2D eigenvalue weighted by atomic mass is 16.4. The molecule has 0 aromatic rings. The van der Waals surface area contributed by atoms with E-state index in [9.17, 15) is 4.79 Å². The number of hydrogen-bond donors (Lipinski definition) is 1. The lowest BCUT2D eigenvalue weighted by Crippen LogP contribution is -2.30. The summed E-state index contributed by atoms with van der Waals surface area (Å²) in [4.78, 5) is 12.9. The van der Waals surface area contributed by atoms with Crippen LogP contribution in [-0.4, -0.2) is 35.6 Å². The topological polar surface area (TPSA) is 40.5 Å². The van der Waals surface area contributed by atoms with Crippen LogP contribution in [-0.2, 0) is 4.79 Å². The van der Waals surface area contributed by atoms with E-state index < -0.39 is 5.97 Å². The van der Waals surface area contributed by atoms with Gasteiger partial charge in [-0.25, -0.2) is 0 Å². The molecule has 1 aliphatic heterocycles. The fraction of sp³-hybridized carbons (Fsp3) is 0.933. The molecular formula is C15H29NO2. The second kappa shape index (κ2) is 10.4. The minimum atomic E-state index is -0.656. The van der Waals surface area contributed by atoms with E-state index in [4.69, 9.17) is 5.11 Å². The number of carbonyl (C=O) groups is 1. The largest absolute Gasteiger partial charge is 0.481 e. The lowest BCUT2D eigenvalue weighted by atomic mass is 10.1. The van der Waals surface area contributed by atoms with Crippen molar-refractivity contribution in [2.24, 2.45) is 0 Å². The summed E-state index contributed by atoms with van der Waals surface area (Å²) >= 11 is 0. The summed E-state index contributed by atoms with van der Waals surface area (Å²) in [7, 11) is 0. The maximum atomic E-state index is 10.3. The molecule has 0 saturated carbocycles. The van der Waals surface area contributed by atoms with Gasteiger partial charge in [0.25, 0.3) is 0 Å². The lowest BCUT2D eigenvalue weighted by Gasteiger charge is -2.26. The van der Waals surface area contributed by atoms with E-state index in [0.717, 1.165) is 12.8 Å². The maximum Gasteiger partial charge on any atom is 0.303 e. The number of piperidine rings is 1. The van der Waals surface area contributed by atoms with E-state index in [2.05, 4.69) is 4.90 Å². The first-order valence-corrected chi connectivity index (χ1v) is 7.73. The molecule has 0 unspecified atom stereocenters. The number of rotatable bonds is 10. The Morgan fingerprint density at radius 3 is 2.00 bits per heavy atom. The molecule has 1 heterocycles. The fourth-order valence-corrected chi connectivity index (χ4v) is 2.68. The summed E-state index contributed by atoms with van der Waals surface area (Å²) < 4.78 is 0. The van der Waals surface area contributed by atoms with Crippen molar-refractivity contribution in [2.45, 2.75) is 70.6 Å². The number of nitrogens with zero attached hydrogens (tertiary/aromatic N) is 1. The first kappa shape index (κ1) is 15.5. The Labute approximate surface area is 112 Å². The van der Waals surface area contributed by atoms with Gasteiger partial charge >= 0.3 is 5.97 Å². The van der Waals surface area contributed by atoms with Gasteiger partial charge in [-0.15, -0.1) is 0 Å². The van der Waals surface area contributed by atoms with Gasteiger partial charge in [0.15, 0.2) is 0 Å². The van der Waals surface area contributed by atoms with Gasteiger partial charge < -0.3 is 10.0 Å². The van der Waals surface area contributed by atoms with Crippen molar-refractivity contribution in [3.8, 4) is 0 Å². The van der Waals surface area contributed by atoms with Gasteiger partial charge in [0.2, 0.25) is 0 Å². The number of carboxylic acid groups (broad SMARTS) is 1. The molecule has 106 valence electrons. The number of carboxylic acids is 1. The van der Waals surface area contributed by atoms with E-state index in [1.54, 1.807) is 0 Å². The van der Waals surface area contributed by atoms with Gasteiger partial charge in [0.1, 0.15) is 0 Å². The molecule has 3 nitrogen and oxygen atoms in total. The molecule has 1 N–H and O–H groups in total. The minimum absolute atomic E-state index is 0.342. The molecule has 0 aromatic heterocycles. The second-order valence-corrected chi connectivity index (χ2v) is 5.52. The Kier molecular flexibility index (Phi) is 8.92. The van der Waals surface area contributed by atoms with Crippen molar-refractivity contribution in [1.82, 2.24) is 4.90 Å². The Hall–Kier alpha value is -0.570. The van der Waals surface area contributed by atoms with Gasteiger partial charge in [0, 0.05) is 6.42 Å². The summed E-state index contributed by atoms with van der Waals surface area (Å²) in [5.74, 6) is -0.656. The van der Waals surface area contributed by atoms with Crippen LogP contribution in [0.5, 0.6) is 0 Å². The standard InChI is InChI=1S/C15H29NO2/c17-15(18)11-7-4-2-1-3-5-8-12-16-13-9-6-10-14-16/h1-14H2,(H,17,18). The first-order valence-electron chi connectivity index (χ1n) is 7.73. The van der Waals surface area contributed by atoms with Crippen molar-refractivity contribution in [3.05, 3.63) is 0 Å². The molecular weight excluding hydrogens is 226 g/mol. The zero-order valence-corrected chi connectivity index (χ0v) is 11.7. The minimum Gasteiger partial charge on any atom is -0.481 e. The van der Waals surface area contributed by atoms with E-state index in [-0.39, 0.29) is 0 Å². The smallest absolute Gasteiger partial charge is 0.303 e. The molecule has 0 aromatic carbocycles. The van der Waals surface area contributed by atoms with Crippen LogP contribution >= 0.6 is 0 Å². The summed E-state index contributed by atoms with van der Waals surface area (Å²) in [5.41, 5.74) is 0. The summed E-state index contributed by atoms with van der Waals surface area (Å²) in [5, 5.41) is 8.51. The Morgan fingerprint density at radius 2 is 1.39 bits per heavy atom. The van der Waals surface area contributed by atoms with Gasteiger partial charge in [-0.2, -0.15) is 0 Å². The van der Waals surface area contributed by atoms with Crippen LogP contribution in [0.4, 0.5) is 0 Å². The average molecular weight is 255 g/mol. The third-order valence-corrected chi connectivity index (χ3v) is 3.81. The monoisotopic (exact) mass is 255 g/mol. The zero-order chi connectivity index (χ0) is 13.1. The lowest BCUT2D eigenvalue weighted by molar-refractivity contribution is -0.137. The SMILES string of the molecule is O=C(O)CCCCCCCCCN1CCCCC1. The zero-order valence-electron chi connectivity index (χ0n) is 11.7. The third-order valence-electron chi connectivity index (χ3n) is 3.81. The molecule has 0 aliphatic carbocycles. The summed E-state index contributed by atoms with van der Waals surface area (Å²) in [6, 6.07) is 0. The van der Waals surface area contributed by atoms with Crippen LogP contribution in [0.1, 0.15) is 70.6 Å². The highest BCUT2D eigenvalue weighted by molar-refractivity contribution is 5.66. The van der Waals surface area contributed by atoms with Gasteiger partial charge in [0.05, 0.1) is 0 Å². The van der Waals surface area contributed by atoms with Crippen LogP contribution in [0.2, 0.25) is 0 Å². The van der Waals surface area contributed by atoms with Gasteiger partial charge in [-0.3, -0.25) is 4.79 Å². The van der Waals surface area contributed by atoms with Crippen molar-refractivity contribution < 1.29 is 9.90 Å². The average Bonchev–Trinajstić information content (AvgIpc) is 2.37. The van der Waals surface area contributed by atoms with E-state index in [0.29, 0.717) is 6.42 Å². The first-order chi connectivity index (χ1) is 8.79. The van der Waals surface area contributed by atoms with E-state index >= 15 is 0 Å². The molecule has 0 bridgehead atoms. The molecule has 1 rings (SSSR count). The molecule has 1 aliphatic rings. The number of likely N-dealkylation sites (tertiary alicyclic amines) is 1. The Morgan fingerprint density at radius 1 is 0.833 bits per heavy atom. The van der Waals surface area contributed by atoms with Crippen molar-refractivity contribution in [3.63, 3.8) is 0 Å². The second-order valence-electron chi connectivity index (χ2n) is 5.52. The van der Waals surface area contributed by atoms with Crippen molar-refractivity contribution in [1.29, 1.82) is 0 Å². The number of aliphatic carboxylic acids is 1. The Bertz CT molecular complexity index is 213. The van der Waals surface area contributed by atoms with E-state index in [1.807, 2.05) is 0 Å². The highest BCUT2D eigenvalue weighted by Crippen LogP contribution is 2.12. The molecule has 0 radical (unpaired) electrons. The van der Waals surface area contributed by atoms with Crippen LogP contribution in [0.3, 0.4) is 0 Å². The van der Waals surface area contributed by atoms with Crippen LogP contribution in [0, 0.1) is 0 Å². The Balaban J connectivity index is 1.76. The molecule has 3 heteroatoms. The molecule has 0 amide bonds. The molecule has 0 spiro atoms. The van der Waals surface area contributed by atoms with Gasteiger partial charge in [-0.1, -0.05) is 38.5 Å². The van der Waals surface area contributed by atoms with Crippen molar-refractivity contribution >= 4 is 5.97 Å². The summed E-state index contributed by atoms with van der Waals surface area (Å²) in [6.45, 7) is 3.92. The van der Waals surface area contributed by atoms with Crippen LogP contribution in [0.15, 0.2) is 0 Å².